The van der Waals surface area contributed by atoms with Gasteiger partial charge in [-0.2, -0.15) is 0 Å². The second-order valence-corrected chi connectivity index (χ2v) is 8.91. The van der Waals surface area contributed by atoms with Crippen molar-refractivity contribution in [3.05, 3.63) is 78.1 Å². The zero-order valence-corrected chi connectivity index (χ0v) is 19.0. The van der Waals surface area contributed by atoms with Gasteiger partial charge >= 0.3 is 0 Å². The van der Waals surface area contributed by atoms with Gasteiger partial charge in [0.15, 0.2) is 0 Å². The molecule has 1 N–H and O–H groups in total. The SMILES string of the molecule is O=C(NCc1ccccn1)[C@@H]1CCCN1C(=O)[C@@H]1CCCN1C(=O)c1cccc2ccccc12. The Morgan fingerprint density at radius 3 is 2.41 bits per heavy atom. The predicted molar refractivity (Wildman–Crippen MR) is 129 cm³/mol. The molecule has 7 heteroatoms. The largest absolute Gasteiger partial charge is 0.349 e. The first-order valence-electron chi connectivity index (χ1n) is 11.9. The molecular weight excluding hydrogens is 428 g/mol. The lowest BCUT2D eigenvalue weighted by molar-refractivity contribution is -0.141. The van der Waals surface area contributed by atoms with Crippen LogP contribution in [0, 0.1) is 0 Å². The van der Waals surface area contributed by atoms with Crippen LogP contribution in [-0.4, -0.2) is 57.7 Å². The number of fused-ring (bicyclic) bond motifs is 1. The molecule has 0 saturated carbocycles. The maximum absolute atomic E-state index is 13.6. The molecule has 2 aliphatic rings. The molecule has 0 spiro atoms. The van der Waals surface area contributed by atoms with E-state index in [0.717, 1.165) is 29.3 Å². The molecule has 0 radical (unpaired) electrons. The summed E-state index contributed by atoms with van der Waals surface area (Å²) in [5.74, 6) is -0.411. The smallest absolute Gasteiger partial charge is 0.255 e. The normalized spacial score (nSPS) is 20.0. The van der Waals surface area contributed by atoms with Gasteiger partial charge in [0.1, 0.15) is 12.1 Å². The van der Waals surface area contributed by atoms with E-state index in [-0.39, 0.29) is 17.7 Å². The van der Waals surface area contributed by atoms with Gasteiger partial charge in [-0.1, -0.05) is 42.5 Å². The van der Waals surface area contributed by atoms with E-state index in [1.165, 1.54) is 0 Å². The summed E-state index contributed by atoms with van der Waals surface area (Å²) in [6.45, 7) is 1.41. The van der Waals surface area contributed by atoms with Crippen LogP contribution in [0.15, 0.2) is 66.9 Å². The number of nitrogens with zero attached hydrogens (tertiary/aromatic N) is 3. The molecule has 1 aromatic heterocycles. The quantitative estimate of drug-likeness (QED) is 0.640. The van der Waals surface area contributed by atoms with Crippen molar-refractivity contribution in [2.45, 2.75) is 44.3 Å². The zero-order valence-electron chi connectivity index (χ0n) is 19.0. The summed E-state index contributed by atoms with van der Waals surface area (Å²) in [6.07, 6.45) is 4.49. The highest BCUT2D eigenvalue weighted by molar-refractivity contribution is 6.08. The molecule has 2 aliphatic heterocycles. The lowest BCUT2D eigenvalue weighted by Gasteiger charge is -2.31. The minimum Gasteiger partial charge on any atom is -0.349 e. The molecule has 2 atom stereocenters. The van der Waals surface area contributed by atoms with Crippen LogP contribution in [0.2, 0.25) is 0 Å². The van der Waals surface area contributed by atoms with E-state index in [1.807, 2.05) is 60.7 Å². The van der Waals surface area contributed by atoms with E-state index >= 15 is 0 Å². The van der Waals surface area contributed by atoms with Crippen molar-refractivity contribution in [2.24, 2.45) is 0 Å². The maximum atomic E-state index is 13.6. The molecule has 0 unspecified atom stereocenters. The second-order valence-electron chi connectivity index (χ2n) is 8.91. The summed E-state index contributed by atoms with van der Waals surface area (Å²) < 4.78 is 0. The summed E-state index contributed by atoms with van der Waals surface area (Å²) in [6, 6.07) is 18.0. The van der Waals surface area contributed by atoms with Gasteiger partial charge < -0.3 is 15.1 Å². The Labute approximate surface area is 198 Å². The van der Waals surface area contributed by atoms with E-state index in [2.05, 4.69) is 10.3 Å². The van der Waals surface area contributed by atoms with Crippen molar-refractivity contribution in [2.75, 3.05) is 13.1 Å². The van der Waals surface area contributed by atoms with Crippen LogP contribution in [0.1, 0.15) is 41.7 Å². The van der Waals surface area contributed by atoms with Gasteiger partial charge in [0.25, 0.3) is 5.91 Å². The molecule has 0 bridgehead atoms. The Morgan fingerprint density at radius 1 is 0.853 bits per heavy atom. The average Bonchev–Trinajstić information content (AvgIpc) is 3.57. The standard InChI is InChI=1S/C27H28N4O3/c32-25(29-18-20-10-3-4-15-28-20)23-13-6-16-30(23)27(34)24-14-7-17-31(24)26(33)22-12-5-9-19-8-1-2-11-21(19)22/h1-5,8-12,15,23-24H,6-7,13-14,16-18H2,(H,29,32)/t23-,24-/m0/s1. The van der Waals surface area contributed by atoms with Gasteiger partial charge in [0.2, 0.25) is 11.8 Å². The van der Waals surface area contributed by atoms with Crippen LogP contribution < -0.4 is 5.32 Å². The van der Waals surface area contributed by atoms with Gasteiger partial charge in [0, 0.05) is 24.8 Å². The number of carbonyl (C=O) groups is 3. The Kier molecular flexibility index (Phi) is 6.25. The van der Waals surface area contributed by atoms with E-state index < -0.39 is 12.1 Å². The van der Waals surface area contributed by atoms with Crippen LogP contribution in [0.25, 0.3) is 10.8 Å². The number of rotatable bonds is 5. The van der Waals surface area contributed by atoms with Crippen LogP contribution in [-0.2, 0) is 16.1 Å². The first-order chi connectivity index (χ1) is 16.6. The van der Waals surface area contributed by atoms with E-state index in [0.29, 0.717) is 38.0 Å². The van der Waals surface area contributed by atoms with Crippen LogP contribution in [0.3, 0.4) is 0 Å². The second kappa shape index (κ2) is 9.63. The molecular formula is C27H28N4O3. The molecule has 3 amide bonds. The van der Waals surface area contributed by atoms with Crippen molar-refractivity contribution in [1.29, 1.82) is 0 Å². The van der Waals surface area contributed by atoms with Crippen LogP contribution in [0.4, 0.5) is 0 Å². The Morgan fingerprint density at radius 2 is 1.59 bits per heavy atom. The number of hydrogen-bond acceptors (Lipinski definition) is 4. The number of aromatic nitrogens is 1. The fraction of sp³-hybridized carbons (Fsp3) is 0.333. The summed E-state index contributed by atoms with van der Waals surface area (Å²) in [5.41, 5.74) is 1.39. The lowest BCUT2D eigenvalue weighted by Crippen LogP contribution is -2.52. The van der Waals surface area contributed by atoms with Crippen molar-refractivity contribution in [3.8, 4) is 0 Å². The van der Waals surface area contributed by atoms with Gasteiger partial charge in [-0.25, -0.2) is 0 Å². The molecule has 7 nitrogen and oxygen atoms in total. The molecule has 2 saturated heterocycles. The predicted octanol–water partition coefficient (Wildman–Crippen LogP) is 3.15. The first-order valence-corrected chi connectivity index (χ1v) is 11.9. The number of benzene rings is 2. The van der Waals surface area contributed by atoms with Crippen molar-refractivity contribution in [1.82, 2.24) is 20.1 Å². The minimum atomic E-state index is -0.532. The highest BCUT2D eigenvalue weighted by Gasteiger charge is 2.42. The fourth-order valence-electron chi connectivity index (χ4n) is 5.13. The minimum absolute atomic E-state index is 0.122. The summed E-state index contributed by atoms with van der Waals surface area (Å²) in [7, 11) is 0. The van der Waals surface area contributed by atoms with Gasteiger partial charge in [-0.15, -0.1) is 0 Å². The van der Waals surface area contributed by atoms with Crippen LogP contribution in [0.5, 0.6) is 0 Å². The van der Waals surface area contributed by atoms with Crippen LogP contribution >= 0.6 is 0 Å². The third-order valence-corrected chi connectivity index (χ3v) is 6.83. The highest BCUT2D eigenvalue weighted by Crippen LogP contribution is 2.28. The van der Waals surface area contributed by atoms with Gasteiger partial charge in [0.05, 0.1) is 12.2 Å². The molecule has 3 heterocycles. The van der Waals surface area contributed by atoms with Crippen molar-refractivity contribution < 1.29 is 14.4 Å². The number of pyridine rings is 1. The molecule has 5 rings (SSSR count). The molecule has 2 aromatic carbocycles. The number of hydrogen-bond donors (Lipinski definition) is 1. The monoisotopic (exact) mass is 456 g/mol. The average molecular weight is 457 g/mol. The Hall–Kier alpha value is -3.74. The first kappa shape index (κ1) is 22.1. The highest BCUT2D eigenvalue weighted by atomic mass is 16.2. The van der Waals surface area contributed by atoms with Gasteiger partial charge in [-0.05, 0) is 54.7 Å². The van der Waals surface area contributed by atoms with Gasteiger partial charge in [-0.3, -0.25) is 19.4 Å². The third kappa shape index (κ3) is 4.25. The fourth-order valence-corrected chi connectivity index (χ4v) is 5.13. The van der Waals surface area contributed by atoms with E-state index in [4.69, 9.17) is 0 Å². The Balaban J connectivity index is 1.31. The number of carbonyl (C=O) groups excluding carboxylic acids is 3. The molecule has 2 fully saturated rings. The lowest BCUT2D eigenvalue weighted by atomic mass is 10.0. The number of nitrogens with one attached hydrogen (secondary N) is 1. The topological polar surface area (TPSA) is 82.6 Å². The summed E-state index contributed by atoms with van der Waals surface area (Å²) >= 11 is 0. The molecule has 34 heavy (non-hydrogen) atoms. The summed E-state index contributed by atoms with van der Waals surface area (Å²) in [4.78, 5) is 47.6. The number of amides is 3. The Bertz CT molecular complexity index is 1210. The van der Waals surface area contributed by atoms with Crippen molar-refractivity contribution in [3.63, 3.8) is 0 Å². The van der Waals surface area contributed by atoms with E-state index in [1.54, 1.807) is 16.0 Å². The molecule has 174 valence electrons. The number of likely N-dealkylation sites (tertiary alicyclic amines) is 2. The zero-order chi connectivity index (χ0) is 23.5. The maximum Gasteiger partial charge on any atom is 0.255 e. The summed E-state index contributed by atoms with van der Waals surface area (Å²) in [5, 5.41) is 4.81. The third-order valence-electron chi connectivity index (χ3n) is 6.83. The molecule has 0 aliphatic carbocycles. The van der Waals surface area contributed by atoms with Crippen molar-refractivity contribution >= 4 is 28.5 Å². The molecule has 3 aromatic rings. The van der Waals surface area contributed by atoms with E-state index in [9.17, 15) is 14.4 Å².